The molecule has 4 nitrogen and oxygen atoms in total. The van der Waals surface area contributed by atoms with Crippen LogP contribution in [0.5, 0.6) is 5.75 Å². The van der Waals surface area contributed by atoms with Crippen LogP contribution in [-0.4, -0.2) is 25.3 Å². The highest BCUT2D eigenvalue weighted by Gasteiger charge is 2.15. The molecule has 0 amide bonds. The van der Waals surface area contributed by atoms with E-state index < -0.39 is 0 Å². The Labute approximate surface area is 94.3 Å². The smallest absolute Gasteiger partial charge is 0.240 e. The maximum Gasteiger partial charge on any atom is 0.240 e. The molecule has 1 heterocycles. The Morgan fingerprint density at radius 3 is 2.81 bits per heavy atom. The Hall–Kier alpha value is -1.64. The quantitative estimate of drug-likeness (QED) is 0.621. The summed E-state index contributed by atoms with van der Waals surface area (Å²) >= 11 is 0. The topological polar surface area (TPSA) is 50.7 Å². The van der Waals surface area contributed by atoms with Crippen molar-refractivity contribution in [2.24, 2.45) is 4.99 Å². The van der Waals surface area contributed by atoms with Gasteiger partial charge in [0.2, 0.25) is 6.08 Å². The van der Waals surface area contributed by atoms with Crippen LogP contribution in [0.3, 0.4) is 0 Å². The second kappa shape index (κ2) is 5.45. The Kier molecular flexibility index (Phi) is 3.70. The molecule has 0 atom stereocenters. The first-order valence-corrected chi connectivity index (χ1v) is 5.44. The van der Waals surface area contributed by atoms with Crippen molar-refractivity contribution in [3.63, 3.8) is 0 Å². The van der Waals surface area contributed by atoms with E-state index in [2.05, 4.69) is 10.3 Å². The number of carbonyl (C=O) groups excluding carboxylic acids is 1. The maximum atomic E-state index is 10.3. The summed E-state index contributed by atoms with van der Waals surface area (Å²) in [5.41, 5.74) is 0.552. The van der Waals surface area contributed by atoms with Crippen LogP contribution in [0.15, 0.2) is 29.3 Å². The fourth-order valence-corrected chi connectivity index (χ4v) is 1.79. The van der Waals surface area contributed by atoms with Crippen LogP contribution in [0.25, 0.3) is 0 Å². The van der Waals surface area contributed by atoms with E-state index in [9.17, 15) is 4.79 Å². The lowest BCUT2D eigenvalue weighted by Gasteiger charge is -2.24. The molecule has 0 saturated carbocycles. The molecule has 0 radical (unpaired) electrons. The molecule has 1 fully saturated rings. The molecule has 0 bridgehead atoms. The van der Waals surface area contributed by atoms with Crippen LogP contribution in [0.1, 0.15) is 12.8 Å². The highest BCUT2D eigenvalue weighted by molar-refractivity contribution is 5.57. The fourth-order valence-electron chi connectivity index (χ4n) is 1.79. The molecule has 0 spiro atoms. The molecule has 1 aromatic carbocycles. The van der Waals surface area contributed by atoms with Gasteiger partial charge < -0.3 is 10.1 Å². The second-order valence-corrected chi connectivity index (χ2v) is 3.74. The zero-order valence-electron chi connectivity index (χ0n) is 8.98. The SMILES string of the molecule is O=C=Nc1ccccc1OC1CCNCC1. The number of nitrogens with zero attached hydrogens (tertiary/aromatic N) is 1. The summed E-state index contributed by atoms with van der Waals surface area (Å²) in [7, 11) is 0. The number of hydrogen-bond donors (Lipinski definition) is 1. The van der Waals surface area contributed by atoms with E-state index in [1.807, 2.05) is 18.2 Å². The lowest BCUT2D eigenvalue weighted by molar-refractivity contribution is 0.163. The van der Waals surface area contributed by atoms with Crippen LogP contribution in [0.4, 0.5) is 5.69 Å². The third kappa shape index (κ3) is 2.69. The minimum Gasteiger partial charge on any atom is -0.488 e. The summed E-state index contributed by atoms with van der Waals surface area (Å²) in [6.07, 6.45) is 3.73. The molecule has 1 aliphatic rings. The van der Waals surface area contributed by atoms with E-state index in [0.717, 1.165) is 25.9 Å². The first-order valence-electron chi connectivity index (χ1n) is 5.44. The monoisotopic (exact) mass is 218 g/mol. The van der Waals surface area contributed by atoms with Gasteiger partial charge in [-0.3, -0.25) is 0 Å². The van der Waals surface area contributed by atoms with E-state index in [-0.39, 0.29) is 6.10 Å². The fraction of sp³-hybridized carbons (Fsp3) is 0.417. The molecule has 1 N–H and O–H groups in total. The molecular weight excluding hydrogens is 204 g/mol. The summed E-state index contributed by atoms with van der Waals surface area (Å²) in [5, 5.41) is 3.27. The van der Waals surface area contributed by atoms with Gasteiger partial charge >= 0.3 is 0 Å². The average Bonchev–Trinajstić information content (AvgIpc) is 2.33. The minimum atomic E-state index is 0.212. The summed E-state index contributed by atoms with van der Waals surface area (Å²) in [5.74, 6) is 0.665. The average molecular weight is 218 g/mol. The summed E-state index contributed by atoms with van der Waals surface area (Å²) in [6.45, 7) is 1.95. The van der Waals surface area contributed by atoms with Gasteiger partial charge in [-0.05, 0) is 38.1 Å². The summed E-state index contributed by atoms with van der Waals surface area (Å²) in [6, 6.07) is 7.28. The number of ether oxygens (including phenoxy) is 1. The van der Waals surface area contributed by atoms with Gasteiger partial charge in [-0.25, -0.2) is 4.79 Å². The van der Waals surface area contributed by atoms with Gasteiger partial charge in [0.25, 0.3) is 0 Å². The van der Waals surface area contributed by atoms with Crippen molar-refractivity contribution in [2.45, 2.75) is 18.9 Å². The van der Waals surface area contributed by atoms with Crippen LogP contribution >= 0.6 is 0 Å². The van der Waals surface area contributed by atoms with Crippen LogP contribution in [0, 0.1) is 0 Å². The lowest BCUT2D eigenvalue weighted by atomic mass is 10.1. The van der Waals surface area contributed by atoms with E-state index in [0.29, 0.717) is 11.4 Å². The van der Waals surface area contributed by atoms with E-state index in [1.54, 1.807) is 12.1 Å². The zero-order valence-corrected chi connectivity index (χ0v) is 8.98. The van der Waals surface area contributed by atoms with Crippen LogP contribution in [-0.2, 0) is 4.79 Å². The summed E-state index contributed by atoms with van der Waals surface area (Å²) in [4.78, 5) is 13.9. The van der Waals surface area contributed by atoms with Gasteiger partial charge in [0.15, 0.2) is 0 Å². The van der Waals surface area contributed by atoms with Gasteiger partial charge in [-0.15, -0.1) is 0 Å². The molecule has 1 aliphatic heterocycles. The van der Waals surface area contributed by atoms with Crippen molar-refractivity contribution >= 4 is 11.8 Å². The number of isocyanates is 1. The molecule has 0 aliphatic carbocycles. The molecule has 0 aromatic heterocycles. The number of piperidine rings is 1. The van der Waals surface area contributed by atoms with Gasteiger partial charge in [0, 0.05) is 0 Å². The Balaban J connectivity index is 2.10. The molecule has 84 valence electrons. The lowest BCUT2D eigenvalue weighted by Crippen LogP contribution is -2.34. The molecule has 0 unspecified atom stereocenters. The Morgan fingerprint density at radius 1 is 1.31 bits per heavy atom. The largest absolute Gasteiger partial charge is 0.488 e. The van der Waals surface area contributed by atoms with Gasteiger partial charge in [0.05, 0.1) is 0 Å². The Morgan fingerprint density at radius 2 is 2.06 bits per heavy atom. The van der Waals surface area contributed by atoms with Crippen molar-refractivity contribution < 1.29 is 9.53 Å². The van der Waals surface area contributed by atoms with E-state index in [4.69, 9.17) is 4.74 Å². The highest BCUT2D eigenvalue weighted by Crippen LogP contribution is 2.28. The first-order chi connectivity index (χ1) is 7.90. The molecule has 2 rings (SSSR count). The van der Waals surface area contributed by atoms with E-state index in [1.165, 1.54) is 0 Å². The summed E-state index contributed by atoms with van der Waals surface area (Å²) < 4.78 is 5.83. The predicted molar refractivity (Wildman–Crippen MR) is 60.7 cm³/mol. The second-order valence-electron chi connectivity index (χ2n) is 3.74. The molecule has 1 aromatic rings. The zero-order chi connectivity index (χ0) is 11.2. The number of para-hydroxylation sites is 2. The molecule has 16 heavy (non-hydrogen) atoms. The number of aliphatic imine (C=N–C) groups is 1. The van der Waals surface area contributed by atoms with Crippen LogP contribution in [0.2, 0.25) is 0 Å². The third-order valence-electron chi connectivity index (χ3n) is 2.61. The van der Waals surface area contributed by atoms with Crippen molar-refractivity contribution in [3.05, 3.63) is 24.3 Å². The van der Waals surface area contributed by atoms with Gasteiger partial charge in [0.1, 0.15) is 17.5 Å². The number of nitrogens with one attached hydrogen (secondary N) is 1. The van der Waals surface area contributed by atoms with E-state index >= 15 is 0 Å². The van der Waals surface area contributed by atoms with Crippen LogP contribution < -0.4 is 10.1 Å². The molecule has 1 saturated heterocycles. The highest BCUT2D eigenvalue weighted by atomic mass is 16.5. The van der Waals surface area contributed by atoms with Crippen molar-refractivity contribution in [1.82, 2.24) is 5.32 Å². The maximum absolute atomic E-state index is 10.3. The standard InChI is InChI=1S/C12H14N2O2/c15-9-14-11-3-1-2-4-12(11)16-10-5-7-13-8-6-10/h1-4,10,13H,5-8H2. The first kappa shape index (κ1) is 10.9. The molecular formula is C12H14N2O2. The van der Waals surface area contributed by atoms with Crippen molar-refractivity contribution in [1.29, 1.82) is 0 Å². The van der Waals surface area contributed by atoms with Crippen molar-refractivity contribution in [3.8, 4) is 5.75 Å². The van der Waals surface area contributed by atoms with Gasteiger partial charge in [-0.1, -0.05) is 12.1 Å². The number of benzene rings is 1. The minimum absolute atomic E-state index is 0.212. The Bertz CT molecular complexity index is 394. The normalized spacial score (nSPS) is 16.5. The van der Waals surface area contributed by atoms with Crippen molar-refractivity contribution in [2.75, 3.05) is 13.1 Å². The third-order valence-corrected chi connectivity index (χ3v) is 2.61. The predicted octanol–water partition coefficient (Wildman–Crippen LogP) is 1.78. The number of hydrogen-bond acceptors (Lipinski definition) is 4. The van der Waals surface area contributed by atoms with Gasteiger partial charge in [-0.2, -0.15) is 4.99 Å². The molecule has 4 heteroatoms. The number of rotatable bonds is 3.